The third-order valence-electron chi connectivity index (χ3n) is 4.18. The molecule has 0 radical (unpaired) electrons. The van der Waals surface area contributed by atoms with Crippen LogP contribution < -0.4 is 5.73 Å². The lowest BCUT2D eigenvalue weighted by molar-refractivity contribution is 0.0569. The first-order valence-electron chi connectivity index (χ1n) is 7.15. The summed E-state index contributed by atoms with van der Waals surface area (Å²) in [5, 5.41) is 8.00. The normalized spacial score (nSPS) is 23.2. The molecule has 1 aromatic carbocycles. The van der Waals surface area contributed by atoms with Crippen molar-refractivity contribution in [3.8, 4) is 0 Å². The molecule has 0 spiro atoms. The van der Waals surface area contributed by atoms with Crippen LogP contribution >= 0.6 is 0 Å². The first kappa shape index (κ1) is 13.1. The average Bonchev–Trinajstić information content (AvgIpc) is 2.90. The molecule has 20 heavy (non-hydrogen) atoms. The second-order valence-corrected chi connectivity index (χ2v) is 5.64. The maximum atomic E-state index is 12.7. The van der Waals surface area contributed by atoms with Gasteiger partial charge in [0.25, 0.3) is 5.91 Å². The van der Waals surface area contributed by atoms with Gasteiger partial charge in [0.15, 0.2) is 5.69 Å². The molecule has 1 aromatic heterocycles. The molecule has 0 bridgehead atoms. The highest BCUT2D eigenvalue weighted by Gasteiger charge is 2.31. The van der Waals surface area contributed by atoms with Crippen LogP contribution in [0.4, 0.5) is 0 Å². The largest absolute Gasteiger partial charge is 0.333 e. The molecular formula is C15H20N4O. The van der Waals surface area contributed by atoms with Crippen molar-refractivity contribution >= 4 is 16.8 Å². The van der Waals surface area contributed by atoms with Gasteiger partial charge in [-0.2, -0.15) is 5.10 Å². The lowest BCUT2D eigenvalue weighted by atomic mass is 9.92. The molecular weight excluding hydrogens is 252 g/mol. The molecule has 1 fully saturated rings. The van der Waals surface area contributed by atoms with E-state index >= 15 is 0 Å². The van der Waals surface area contributed by atoms with Crippen molar-refractivity contribution in [3.05, 3.63) is 30.0 Å². The quantitative estimate of drug-likeness (QED) is 0.874. The number of nitrogens with zero attached hydrogens (tertiary/aromatic N) is 2. The topological polar surface area (TPSA) is 75.0 Å². The Morgan fingerprint density at radius 3 is 3.10 bits per heavy atom. The Kier molecular flexibility index (Phi) is 3.44. The van der Waals surface area contributed by atoms with Crippen LogP contribution in [-0.4, -0.2) is 40.1 Å². The number of nitrogens with one attached hydrogen (secondary N) is 1. The summed E-state index contributed by atoms with van der Waals surface area (Å²) in [4.78, 5) is 14.6. The lowest BCUT2D eigenvalue weighted by Crippen LogP contribution is -2.49. The van der Waals surface area contributed by atoms with E-state index < -0.39 is 0 Å². The van der Waals surface area contributed by atoms with Gasteiger partial charge in [-0.15, -0.1) is 0 Å². The third-order valence-corrected chi connectivity index (χ3v) is 4.18. The summed E-state index contributed by atoms with van der Waals surface area (Å²) < 4.78 is 0. The highest BCUT2D eigenvalue weighted by molar-refractivity contribution is 6.04. The van der Waals surface area contributed by atoms with Crippen molar-refractivity contribution in [2.45, 2.75) is 25.8 Å². The molecule has 2 unspecified atom stereocenters. The Labute approximate surface area is 118 Å². The van der Waals surface area contributed by atoms with Crippen LogP contribution in [0.25, 0.3) is 10.9 Å². The van der Waals surface area contributed by atoms with E-state index in [1.165, 1.54) is 0 Å². The van der Waals surface area contributed by atoms with Gasteiger partial charge in [-0.3, -0.25) is 9.89 Å². The zero-order valence-corrected chi connectivity index (χ0v) is 11.7. The Morgan fingerprint density at radius 1 is 1.50 bits per heavy atom. The fourth-order valence-electron chi connectivity index (χ4n) is 3.00. The molecule has 1 aliphatic heterocycles. The Hall–Kier alpha value is -1.88. The van der Waals surface area contributed by atoms with E-state index in [0.717, 1.165) is 30.3 Å². The number of rotatable bonds is 2. The van der Waals surface area contributed by atoms with Gasteiger partial charge in [0.1, 0.15) is 0 Å². The first-order chi connectivity index (χ1) is 9.70. The predicted molar refractivity (Wildman–Crippen MR) is 78.4 cm³/mol. The van der Waals surface area contributed by atoms with Gasteiger partial charge in [0.05, 0.1) is 5.52 Å². The number of nitrogens with two attached hydrogens (primary N) is 1. The van der Waals surface area contributed by atoms with E-state index in [2.05, 4.69) is 17.1 Å². The smallest absolute Gasteiger partial charge is 0.275 e. The lowest BCUT2D eigenvalue weighted by Gasteiger charge is -2.37. The van der Waals surface area contributed by atoms with Crippen molar-refractivity contribution < 1.29 is 4.79 Å². The van der Waals surface area contributed by atoms with Crippen molar-refractivity contribution in [3.63, 3.8) is 0 Å². The van der Waals surface area contributed by atoms with Crippen LogP contribution in [0.2, 0.25) is 0 Å². The monoisotopic (exact) mass is 272 g/mol. The maximum Gasteiger partial charge on any atom is 0.275 e. The Balaban J connectivity index is 1.91. The van der Waals surface area contributed by atoms with Gasteiger partial charge in [-0.05, 0) is 24.8 Å². The Bertz CT molecular complexity index is 621. The number of para-hydroxylation sites is 1. The molecule has 2 atom stereocenters. The maximum absolute atomic E-state index is 12.7. The second kappa shape index (κ2) is 5.25. The number of carbonyl (C=O) groups excluding carboxylic acids is 1. The molecule has 1 saturated heterocycles. The summed E-state index contributed by atoms with van der Waals surface area (Å²) in [5.74, 6) is 0.619. The van der Waals surface area contributed by atoms with Gasteiger partial charge < -0.3 is 10.6 Å². The minimum absolute atomic E-state index is 0.00944. The molecule has 106 valence electrons. The SMILES string of the molecule is CC1CCN(C(=O)c2n[nH]c3ccccc23)C(CN)C1. The number of aromatic amines is 1. The van der Waals surface area contributed by atoms with E-state index in [1.54, 1.807) is 0 Å². The van der Waals surface area contributed by atoms with Gasteiger partial charge in [-0.1, -0.05) is 25.1 Å². The molecule has 2 aromatic rings. The van der Waals surface area contributed by atoms with Crippen LogP contribution in [0, 0.1) is 5.92 Å². The fraction of sp³-hybridized carbons (Fsp3) is 0.467. The van der Waals surface area contributed by atoms with E-state index in [0.29, 0.717) is 18.2 Å². The summed E-state index contributed by atoms with van der Waals surface area (Å²) >= 11 is 0. The number of aromatic nitrogens is 2. The summed E-state index contributed by atoms with van der Waals surface area (Å²) in [6.45, 7) is 3.50. The van der Waals surface area contributed by atoms with E-state index in [9.17, 15) is 4.79 Å². The zero-order chi connectivity index (χ0) is 14.1. The van der Waals surface area contributed by atoms with Crippen molar-refractivity contribution in [2.75, 3.05) is 13.1 Å². The number of hydrogen-bond acceptors (Lipinski definition) is 3. The summed E-state index contributed by atoms with van der Waals surface area (Å²) in [6, 6.07) is 7.84. The van der Waals surface area contributed by atoms with Crippen LogP contribution in [0.15, 0.2) is 24.3 Å². The molecule has 1 amide bonds. The van der Waals surface area contributed by atoms with Gasteiger partial charge in [0.2, 0.25) is 0 Å². The number of carbonyl (C=O) groups is 1. The number of hydrogen-bond donors (Lipinski definition) is 2. The first-order valence-corrected chi connectivity index (χ1v) is 7.15. The standard InChI is InChI=1S/C15H20N4O/c1-10-6-7-19(11(8-10)9-16)15(20)14-12-4-2-3-5-13(12)17-18-14/h2-5,10-11H,6-9,16H2,1H3,(H,17,18). The third kappa shape index (κ3) is 2.18. The van der Waals surface area contributed by atoms with Gasteiger partial charge in [0, 0.05) is 24.5 Å². The predicted octanol–water partition coefficient (Wildman–Crippen LogP) is 1.76. The van der Waals surface area contributed by atoms with Crippen molar-refractivity contribution in [2.24, 2.45) is 11.7 Å². The molecule has 0 aliphatic carbocycles. The highest BCUT2D eigenvalue weighted by Crippen LogP contribution is 2.25. The second-order valence-electron chi connectivity index (χ2n) is 5.64. The van der Waals surface area contributed by atoms with E-state index in [1.807, 2.05) is 29.2 Å². The van der Waals surface area contributed by atoms with Gasteiger partial charge in [-0.25, -0.2) is 0 Å². The number of likely N-dealkylation sites (tertiary alicyclic amines) is 1. The summed E-state index contributed by atoms with van der Waals surface area (Å²) in [5.41, 5.74) is 7.24. The number of amides is 1. The number of H-pyrrole nitrogens is 1. The molecule has 0 saturated carbocycles. The molecule has 3 N–H and O–H groups in total. The molecule has 1 aliphatic rings. The minimum atomic E-state index is -0.00944. The minimum Gasteiger partial charge on any atom is -0.333 e. The van der Waals surface area contributed by atoms with Crippen molar-refractivity contribution in [1.29, 1.82) is 0 Å². The number of benzene rings is 1. The molecule has 3 rings (SSSR count). The summed E-state index contributed by atoms with van der Waals surface area (Å²) in [7, 11) is 0. The summed E-state index contributed by atoms with van der Waals surface area (Å²) in [6.07, 6.45) is 2.01. The van der Waals surface area contributed by atoms with E-state index in [4.69, 9.17) is 5.73 Å². The highest BCUT2D eigenvalue weighted by atomic mass is 16.2. The van der Waals surface area contributed by atoms with Crippen LogP contribution in [0.1, 0.15) is 30.3 Å². The van der Waals surface area contributed by atoms with Gasteiger partial charge >= 0.3 is 0 Å². The molecule has 2 heterocycles. The van der Waals surface area contributed by atoms with Crippen molar-refractivity contribution in [1.82, 2.24) is 15.1 Å². The number of piperidine rings is 1. The van der Waals surface area contributed by atoms with Crippen LogP contribution in [0.3, 0.4) is 0 Å². The molecule has 5 nitrogen and oxygen atoms in total. The van der Waals surface area contributed by atoms with E-state index in [-0.39, 0.29) is 11.9 Å². The average molecular weight is 272 g/mol. The van der Waals surface area contributed by atoms with Crippen LogP contribution in [-0.2, 0) is 0 Å². The fourth-order valence-corrected chi connectivity index (χ4v) is 3.00. The molecule has 5 heteroatoms. The Morgan fingerprint density at radius 2 is 2.30 bits per heavy atom. The van der Waals surface area contributed by atoms with Crippen LogP contribution in [0.5, 0.6) is 0 Å². The number of fused-ring (bicyclic) bond motifs is 1. The zero-order valence-electron chi connectivity index (χ0n) is 11.7.